The molecule has 2 heteroatoms. The smallest absolute Gasteiger partial charge is 0.331 e. The molecule has 1 N–H and O–H groups in total. The van der Waals surface area contributed by atoms with Gasteiger partial charge in [-0.05, 0) is 25.7 Å². The van der Waals surface area contributed by atoms with Crippen LogP contribution in [0.15, 0.2) is 11.6 Å². The van der Waals surface area contributed by atoms with Gasteiger partial charge in [-0.15, -0.1) is 0 Å². The summed E-state index contributed by atoms with van der Waals surface area (Å²) in [6.07, 6.45) is 17.2. The number of hydrogen-bond acceptors (Lipinski definition) is 1. The van der Waals surface area contributed by atoms with Crippen LogP contribution in [0, 0.1) is 0 Å². The Morgan fingerprint density at radius 3 is 1.85 bits per heavy atom. The van der Waals surface area contributed by atoms with Crippen molar-refractivity contribution in [3.63, 3.8) is 0 Å². The summed E-state index contributed by atoms with van der Waals surface area (Å²) in [5, 5.41) is 9.18. The third-order valence-corrected chi connectivity index (χ3v) is 3.77. The van der Waals surface area contributed by atoms with E-state index in [0.717, 1.165) is 32.1 Å². The number of carboxylic acid groups (broad SMARTS) is 1. The van der Waals surface area contributed by atoms with Crippen LogP contribution in [-0.2, 0) is 4.79 Å². The summed E-state index contributed by atoms with van der Waals surface area (Å²) in [4.78, 5) is 11.2. The maximum atomic E-state index is 11.2. The van der Waals surface area contributed by atoms with Crippen molar-refractivity contribution in [1.82, 2.24) is 0 Å². The molecule has 0 aromatic heterocycles. The first kappa shape index (κ1) is 19.2. The molecule has 118 valence electrons. The third kappa shape index (κ3) is 12.3. The summed E-state index contributed by atoms with van der Waals surface area (Å²) in [6, 6.07) is 0. The Hall–Kier alpha value is -0.790. The van der Waals surface area contributed by atoms with Gasteiger partial charge in [-0.1, -0.05) is 77.7 Å². The standard InChI is InChI=1S/C18H34O2/c1-3-5-7-9-10-12-14-16-17(18(19)20)15-13-11-8-6-4-2/h16H,3-15H2,1-2H3,(H,19,20). The second-order valence-electron chi connectivity index (χ2n) is 5.76. The molecule has 0 saturated carbocycles. The zero-order valence-corrected chi connectivity index (χ0v) is 13.6. The van der Waals surface area contributed by atoms with Crippen molar-refractivity contribution in [3.8, 4) is 0 Å². The van der Waals surface area contributed by atoms with Gasteiger partial charge in [0.25, 0.3) is 0 Å². The van der Waals surface area contributed by atoms with Crippen molar-refractivity contribution >= 4 is 5.97 Å². The lowest BCUT2D eigenvalue weighted by Gasteiger charge is -2.03. The Balaban J connectivity index is 3.71. The quantitative estimate of drug-likeness (QED) is 0.308. The second kappa shape index (κ2) is 14.6. The van der Waals surface area contributed by atoms with Crippen LogP contribution in [0.1, 0.15) is 97.3 Å². The van der Waals surface area contributed by atoms with Crippen LogP contribution < -0.4 is 0 Å². The summed E-state index contributed by atoms with van der Waals surface area (Å²) in [5.74, 6) is -0.716. The third-order valence-electron chi connectivity index (χ3n) is 3.77. The molecule has 0 fully saturated rings. The monoisotopic (exact) mass is 282 g/mol. The molecule has 0 aromatic carbocycles. The zero-order chi connectivity index (χ0) is 15.1. The van der Waals surface area contributed by atoms with E-state index < -0.39 is 5.97 Å². The predicted octanol–water partition coefficient (Wildman–Crippen LogP) is 6.11. The fraction of sp³-hybridized carbons (Fsp3) is 0.833. The summed E-state index contributed by atoms with van der Waals surface area (Å²) in [5.41, 5.74) is 0.634. The lowest BCUT2D eigenvalue weighted by atomic mass is 10.0. The lowest BCUT2D eigenvalue weighted by Crippen LogP contribution is -2.00. The minimum atomic E-state index is -0.716. The van der Waals surface area contributed by atoms with Gasteiger partial charge in [0.2, 0.25) is 0 Å². The van der Waals surface area contributed by atoms with E-state index in [1.54, 1.807) is 0 Å². The first-order chi connectivity index (χ1) is 9.72. The number of carbonyl (C=O) groups is 1. The molecule has 0 rings (SSSR count). The molecule has 0 atom stereocenters. The topological polar surface area (TPSA) is 37.3 Å². The van der Waals surface area contributed by atoms with Crippen molar-refractivity contribution in [2.45, 2.75) is 97.3 Å². The molecule has 20 heavy (non-hydrogen) atoms. The van der Waals surface area contributed by atoms with E-state index in [1.165, 1.54) is 51.4 Å². The second-order valence-corrected chi connectivity index (χ2v) is 5.76. The van der Waals surface area contributed by atoms with Crippen LogP contribution in [0.4, 0.5) is 0 Å². The molecule has 0 aliphatic carbocycles. The van der Waals surface area contributed by atoms with Crippen molar-refractivity contribution in [2.75, 3.05) is 0 Å². The van der Waals surface area contributed by atoms with Gasteiger partial charge >= 0.3 is 5.97 Å². The first-order valence-electron chi connectivity index (χ1n) is 8.64. The molecule has 0 bridgehead atoms. The molecule has 0 aliphatic heterocycles. The lowest BCUT2D eigenvalue weighted by molar-refractivity contribution is -0.132. The Kier molecular flexibility index (Phi) is 14.0. The molecule has 0 unspecified atom stereocenters. The summed E-state index contributed by atoms with van der Waals surface area (Å²) in [7, 11) is 0. The zero-order valence-electron chi connectivity index (χ0n) is 13.6. The van der Waals surface area contributed by atoms with E-state index in [0.29, 0.717) is 5.57 Å². The van der Waals surface area contributed by atoms with Crippen LogP contribution in [0.3, 0.4) is 0 Å². The molecule has 0 amide bonds. The number of unbranched alkanes of at least 4 members (excludes halogenated alkanes) is 10. The van der Waals surface area contributed by atoms with Crippen LogP contribution in [0.25, 0.3) is 0 Å². The Morgan fingerprint density at radius 1 is 0.800 bits per heavy atom. The fourth-order valence-electron chi connectivity index (χ4n) is 2.42. The van der Waals surface area contributed by atoms with E-state index in [2.05, 4.69) is 13.8 Å². The minimum Gasteiger partial charge on any atom is -0.478 e. The number of hydrogen-bond donors (Lipinski definition) is 1. The molecule has 2 nitrogen and oxygen atoms in total. The van der Waals surface area contributed by atoms with Crippen molar-refractivity contribution in [1.29, 1.82) is 0 Å². The highest BCUT2D eigenvalue weighted by Crippen LogP contribution is 2.14. The summed E-state index contributed by atoms with van der Waals surface area (Å²) in [6.45, 7) is 4.42. The molecule has 0 radical (unpaired) electrons. The molecular weight excluding hydrogens is 248 g/mol. The van der Waals surface area contributed by atoms with Gasteiger partial charge in [-0.3, -0.25) is 0 Å². The maximum absolute atomic E-state index is 11.2. The Bertz CT molecular complexity index is 256. The van der Waals surface area contributed by atoms with Gasteiger partial charge in [-0.2, -0.15) is 0 Å². The van der Waals surface area contributed by atoms with Gasteiger partial charge in [0, 0.05) is 5.57 Å². The van der Waals surface area contributed by atoms with Crippen LogP contribution in [-0.4, -0.2) is 11.1 Å². The van der Waals surface area contributed by atoms with E-state index in [9.17, 15) is 9.90 Å². The van der Waals surface area contributed by atoms with Crippen molar-refractivity contribution < 1.29 is 9.90 Å². The molecular formula is C18H34O2. The number of carboxylic acids is 1. The van der Waals surface area contributed by atoms with E-state index in [-0.39, 0.29) is 0 Å². The van der Waals surface area contributed by atoms with Gasteiger partial charge in [0.05, 0.1) is 0 Å². The van der Waals surface area contributed by atoms with Crippen LogP contribution >= 0.6 is 0 Å². The summed E-state index contributed by atoms with van der Waals surface area (Å²) >= 11 is 0. The average molecular weight is 282 g/mol. The predicted molar refractivity (Wildman–Crippen MR) is 87.1 cm³/mol. The normalized spacial score (nSPS) is 11.8. The van der Waals surface area contributed by atoms with Crippen LogP contribution in [0.5, 0.6) is 0 Å². The van der Waals surface area contributed by atoms with Gasteiger partial charge in [-0.25, -0.2) is 4.79 Å². The molecule has 0 saturated heterocycles. The molecule has 0 aliphatic rings. The van der Waals surface area contributed by atoms with E-state index >= 15 is 0 Å². The molecule has 0 heterocycles. The van der Waals surface area contributed by atoms with Crippen molar-refractivity contribution in [2.24, 2.45) is 0 Å². The Morgan fingerprint density at radius 2 is 1.30 bits per heavy atom. The number of aliphatic carboxylic acids is 1. The van der Waals surface area contributed by atoms with E-state index in [1.807, 2.05) is 6.08 Å². The summed E-state index contributed by atoms with van der Waals surface area (Å²) < 4.78 is 0. The highest BCUT2D eigenvalue weighted by molar-refractivity contribution is 5.86. The fourth-order valence-corrected chi connectivity index (χ4v) is 2.42. The largest absolute Gasteiger partial charge is 0.478 e. The average Bonchev–Trinajstić information content (AvgIpc) is 2.43. The van der Waals surface area contributed by atoms with Gasteiger partial charge < -0.3 is 5.11 Å². The SMILES string of the molecule is CCCCCCCCC=C(CCCCCCC)C(=O)O. The number of rotatable bonds is 14. The molecule has 0 spiro atoms. The van der Waals surface area contributed by atoms with Crippen LogP contribution in [0.2, 0.25) is 0 Å². The van der Waals surface area contributed by atoms with E-state index in [4.69, 9.17) is 0 Å². The minimum absolute atomic E-state index is 0.634. The molecule has 0 aromatic rings. The highest BCUT2D eigenvalue weighted by atomic mass is 16.4. The highest BCUT2D eigenvalue weighted by Gasteiger charge is 2.06. The van der Waals surface area contributed by atoms with Gasteiger partial charge in [0.1, 0.15) is 0 Å². The maximum Gasteiger partial charge on any atom is 0.331 e. The van der Waals surface area contributed by atoms with Crippen molar-refractivity contribution in [3.05, 3.63) is 11.6 Å². The number of allylic oxidation sites excluding steroid dienone is 1. The van der Waals surface area contributed by atoms with Gasteiger partial charge in [0.15, 0.2) is 0 Å². The first-order valence-corrected chi connectivity index (χ1v) is 8.64. The Labute approximate surface area is 125 Å².